The first-order valence-corrected chi connectivity index (χ1v) is 8.95. The molecule has 0 saturated carbocycles. The fraction of sp³-hybridized carbons (Fsp3) is 0.286. The number of benzene rings is 2. The number of carbonyl (C=O) groups is 1. The molecule has 1 unspecified atom stereocenters. The Morgan fingerprint density at radius 1 is 1.04 bits per heavy atom. The van der Waals surface area contributed by atoms with Crippen molar-refractivity contribution in [1.82, 2.24) is 0 Å². The number of anilines is 2. The van der Waals surface area contributed by atoms with Gasteiger partial charge in [-0.25, -0.2) is 0 Å². The summed E-state index contributed by atoms with van der Waals surface area (Å²) in [5, 5.41) is 7.73. The molecule has 25 heavy (non-hydrogen) atoms. The highest BCUT2D eigenvalue weighted by Gasteiger charge is 2.38. The summed E-state index contributed by atoms with van der Waals surface area (Å²) in [6.07, 6.45) is 1.41. The van der Waals surface area contributed by atoms with Crippen LogP contribution in [0.1, 0.15) is 38.3 Å². The van der Waals surface area contributed by atoms with E-state index in [2.05, 4.69) is 36.6 Å². The van der Waals surface area contributed by atoms with Crippen LogP contribution in [0, 0.1) is 5.41 Å². The molecule has 0 radical (unpaired) electrons. The third-order valence-electron chi connectivity index (χ3n) is 4.91. The van der Waals surface area contributed by atoms with E-state index in [1.165, 1.54) is 0 Å². The molecule has 0 fully saturated rings. The normalized spacial score (nSPS) is 21.6. The average Bonchev–Trinajstić information content (AvgIpc) is 2.70. The Balaban J connectivity index is 1.89. The Hall–Kier alpha value is -2.26. The molecule has 1 heterocycles. The minimum atomic E-state index is -0.174. The number of halogens is 1. The van der Waals surface area contributed by atoms with Gasteiger partial charge in [-0.15, -0.1) is 0 Å². The van der Waals surface area contributed by atoms with Crippen LogP contribution in [0.4, 0.5) is 11.4 Å². The molecule has 128 valence electrons. The number of ketones is 1. The average molecular weight is 353 g/mol. The number of hydrogen-bond donors (Lipinski definition) is 2. The monoisotopic (exact) mass is 352 g/mol. The molecule has 1 atom stereocenters. The zero-order chi connectivity index (χ0) is 17.6. The molecule has 4 heteroatoms. The van der Waals surface area contributed by atoms with Crippen LogP contribution in [-0.2, 0) is 4.79 Å². The second-order valence-electron chi connectivity index (χ2n) is 7.64. The van der Waals surface area contributed by atoms with E-state index in [1.54, 1.807) is 0 Å². The van der Waals surface area contributed by atoms with Crippen molar-refractivity contribution in [3.63, 3.8) is 0 Å². The molecule has 3 nitrogen and oxygen atoms in total. The van der Waals surface area contributed by atoms with Gasteiger partial charge in [-0.2, -0.15) is 0 Å². The van der Waals surface area contributed by atoms with E-state index in [4.69, 9.17) is 11.6 Å². The molecule has 0 spiro atoms. The molecule has 2 aromatic carbocycles. The van der Waals surface area contributed by atoms with Gasteiger partial charge in [0.05, 0.1) is 17.4 Å². The van der Waals surface area contributed by atoms with E-state index in [1.807, 2.05) is 36.4 Å². The maximum atomic E-state index is 13.0. The summed E-state index contributed by atoms with van der Waals surface area (Å²) in [4.78, 5) is 13.0. The van der Waals surface area contributed by atoms with E-state index >= 15 is 0 Å². The van der Waals surface area contributed by atoms with Crippen molar-refractivity contribution in [2.75, 3.05) is 10.6 Å². The molecule has 0 saturated heterocycles. The van der Waals surface area contributed by atoms with Crippen molar-refractivity contribution in [1.29, 1.82) is 0 Å². The van der Waals surface area contributed by atoms with Crippen LogP contribution in [-0.4, -0.2) is 5.78 Å². The van der Waals surface area contributed by atoms with Crippen LogP contribution in [0.25, 0.3) is 0 Å². The summed E-state index contributed by atoms with van der Waals surface area (Å²) >= 11 is 6.20. The van der Waals surface area contributed by atoms with Crippen LogP contribution in [0.3, 0.4) is 0 Å². The summed E-state index contributed by atoms with van der Waals surface area (Å²) in [5.74, 6) is 0.207. The van der Waals surface area contributed by atoms with E-state index in [9.17, 15) is 4.79 Å². The van der Waals surface area contributed by atoms with Crippen molar-refractivity contribution in [2.45, 2.75) is 32.7 Å². The van der Waals surface area contributed by atoms with Crippen LogP contribution in [0.15, 0.2) is 59.8 Å². The highest BCUT2D eigenvalue weighted by atomic mass is 35.5. The minimum Gasteiger partial charge on any atom is -0.372 e. The Morgan fingerprint density at radius 2 is 1.80 bits per heavy atom. The topological polar surface area (TPSA) is 41.1 Å². The fourth-order valence-electron chi connectivity index (χ4n) is 3.81. The van der Waals surface area contributed by atoms with Crippen LogP contribution < -0.4 is 10.6 Å². The smallest absolute Gasteiger partial charge is 0.163 e. The molecule has 0 aromatic heterocycles. The first kappa shape index (κ1) is 16.2. The Kier molecular flexibility index (Phi) is 3.84. The van der Waals surface area contributed by atoms with E-state index in [-0.39, 0.29) is 17.2 Å². The lowest BCUT2D eigenvalue weighted by atomic mass is 9.73. The van der Waals surface area contributed by atoms with Crippen LogP contribution >= 0.6 is 11.6 Å². The number of hydrogen-bond acceptors (Lipinski definition) is 3. The van der Waals surface area contributed by atoms with E-state index in [0.717, 1.165) is 34.6 Å². The number of carbonyl (C=O) groups excluding carboxylic acids is 1. The molecular weight excluding hydrogens is 332 g/mol. The van der Waals surface area contributed by atoms with Gasteiger partial charge in [-0.1, -0.05) is 55.8 Å². The number of fused-ring (bicyclic) bond motifs is 1. The molecule has 0 bridgehead atoms. The number of allylic oxidation sites excluding steroid dienone is 1. The van der Waals surface area contributed by atoms with Gasteiger partial charge in [0.15, 0.2) is 5.78 Å². The molecule has 2 aromatic rings. The highest BCUT2D eigenvalue weighted by molar-refractivity contribution is 6.31. The summed E-state index contributed by atoms with van der Waals surface area (Å²) < 4.78 is 0. The predicted molar refractivity (Wildman–Crippen MR) is 103 cm³/mol. The van der Waals surface area contributed by atoms with Gasteiger partial charge in [0.2, 0.25) is 0 Å². The second kappa shape index (κ2) is 5.92. The molecule has 1 aliphatic carbocycles. The van der Waals surface area contributed by atoms with Crippen LogP contribution in [0.2, 0.25) is 5.02 Å². The summed E-state index contributed by atoms with van der Waals surface area (Å²) in [7, 11) is 0. The second-order valence-corrected chi connectivity index (χ2v) is 8.07. The zero-order valence-electron chi connectivity index (χ0n) is 14.4. The van der Waals surface area contributed by atoms with Crippen molar-refractivity contribution in [3.8, 4) is 0 Å². The van der Waals surface area contributed by atoms with Gasteiger partial charge in [0.1, 0.15) is 0 Å². The maximum Gasteiger partial charge on any atom is 0.163 e. The van der Waals surface area contributed by atoms with Crippen molar-refractivity contribution in [3.05, 3.63) is 70.4 Å². The third-order valence-corrected chi connectivity index (χ3v) is 5.14. The number of nitrogens with one attached hydrogen (secondary N) is 2. The molecule has 0 amide bonds. The third kappa shape index (κ3) is 3.05. The lowest BCUT2D eigenvalue weighted by molar-refractivity contribution is -0.118. The van der Waals surface area contributed by atoms with Gasteiger partial charge in [0.25, 0.3) is 0 Å². The van der Waals surface area contributed by atoms with Gasteiger partial charge < -0.3 is 10.6 Å². The Morgan fingerprint density at radius 3 is 2.56 bits per heavy atom. The summed E-state index contributed by atoms with van der Waals surface area (Å²) in [6, 6.07) is 15.7. The first-order chi connectivity index (χ1) is 11.9. The van der Waals surface area contributed by atoms with Crippen molar-refractivity contribution >= 4 is 28.8 Å². The quantitative estimate of drug-likeness (QED) is 0.705. The fourth-order valence-corrected chi connectivity index (χ4v) is 3.98. The molecule has 2 aliphatic rings. The van der Waals surface area contributed by atoms with Gasteiger partial charge in [-0.05, 0) is 35.6 Å². The first-order valence-electron chi connectivity index (χ1n) is 8.57. The lowest BCUT2D eigenvalue weighted by Crippen LogP contribution is -2.31. The standard InChI is InChI=1S/C21H21ClN2O/c1-21(2)11-17-19(18(25)12-21)20(13-6-4-3-5-7-13)24-16-10-14(22)8-9-15(16)23-17/h3-10,20,23-24H,11-12H2,1-2H3. The minimum absolute atomic E-state index is 0.0406. The van der Waals surface area contributed by atoms with Crippen molar-refractivity contribution in [2.24, 2.45) is 5.41 Å². The van der Waals surface area contributed by atoms with Crippen LogP contribution in [0.5, 0.6) is 0 Å². The lowest BCUT2D eigenvalue weighted by Gasteiger charge is -2.34. The Bertz CT molecular complexity index is 871. The SMILES string of the molecule is CC1(C)CC(=O)C2=C(C1)Nc1ccc(Cl)cc1NC2c1ccccc1. The van der Waals surface area contributed by atoms with Gasteiger partial charge in [-0.3, -0.25) is 4.79 Å². The van der Waals surface area contributed by atoms with Gasteiger partial charge >= 0.3 is 0 Å². The molecular formula is C21H21ClN2O. The van der Waals surface area contributed by atoms with Gasteiger partial charge in [0, 0.05) is 22.7 Å². The molecule has 1 aliphatic heterocycles. The predicted octanol–water partition coefficient (Wildman–Crippen LogP) is 5.56. The maximum absolute atomic E-state index is 13.0. The number of Topliss-reactive ketones (excluding diaryl/α,β-unsaturated/α-hetero) is 1. The summed E-state index contributed by atoms with van der Waals surface area (Å²) in [6.45, 7) is 4.30. The number of rotatable bonds is 1. The van der Waals surface area contributed by atoms with Crippen molar-refractivity contribution < 1.29 is 4.79 Å². The molecule has 4 rings (SSSR count). The van der Waals surface area contributed by atoms with E-state index < -0.39 is 0 Å². The zero-order valence-corrected chi connectivity index (χ0v) is 15.2. The van der Waals surface area contributed by atoms with E-state index in [0.29, 0.717) is 11.4 Å². The highest BCUT2D eigenvalue weighted by Crippen LogP contribution is 2.45. The summed E-state index contributed by atoms with van der Waals surface area (Å²) in [5.41, 5.74) is 4.78. The molecule has 2 N–H and O–H groups in total. The largest absolute Gasteiger partial charge is 0.372 e. The Labute approximate surface area is 153 Å².